The van der Waals surface area contributed by atoms with E-state index in [2.05, 4.69) is 32.1 Å². The molecule has 0 fully saturated rings. The van der Waals surface area contributed by atoms with E-state index < -0.39 is 0 Å². The van der Waals surface area contributed by atoms with Gasteiger partial charge in [-0.2, -0.15) is 4.37 Å². The van der Waals surface area contributed by atoms with Crippen molar-refractivity contribution in [2.24, 2.45) is 0 Å². The highest BCUT2D eigenvalue weighted by molar-refractivity contribution is 7.99. The van der Waals surface area contributed by atoms with Gasteiger partial charge in [0.25, 0.3) is 0 Å². The fourth-order valence-corrected chi connectivity index (χ4v) is 3.10. The van der Waals surface area contributed by atoms with Crippen LogP contribution in [0.25, 0.3) is 0 Å². The van der Waals surface area contributed by atoms with Gasteiger partial charge in [0.15, 0.2) is 0 Å². The lowest BCUT2D eigenvalue weighted by Gasteiger charge is -2.04. The number of rotatable bonds is 3. The van der Waals surface area contributed by atoms with Gasteiger partial charge in [-0.15, -0.1) is 11.8 Å². The van der Waals surface area contributed by atoms with Gasteiger partial charge in [0.05, 0.1) is 5.69 Å². The summed E-state index contributed by atoms with van der Waals surface area (Å²) in [5.74, 6) is 1.75. The van der Waals surface area contributed by atoms with E-state index in [1.165, 1.54) is 15.5 Å². The maximum absolute atomic E-state index is 4.38. The molecule has 0 aliphatic rings. The van der Waals surface area contributed by atoms with E-state index in [1.54, 1.807) is 11.5 Å². The Bertz CT molecular complexity index is 253. The fourth-order valence-electron chi connectivity index (χ4n) is 1.07. The lowest BCUT2D eigenvalue weighted by molar-refractivity contribution is 0.865. The van der Waals surface area contributed by atoms with Crippen molar-refractivity contribution in [2.45, 2.75) is 38.5 Å². The van der Waals surface area contributed by atoms with Gasteiger partial charge in [0.2, 0.25) is 0 Å². The predicted octanol–water partition coefficient (Wildman–Crippen LogP) is 3.69. The lowest BCUT2D eigenvalue weighted by atomic mass is 10.2. The van der Waals surface area contributed by atoms with Crippen LogP contribution in [0.2, 0.25) is 0 Å². The van der Waals surface area contributed by atoms with Gasteiger partial charge < -0.3 is 0 Å². The zero-order chi connectivity index (χ0) is 9.14. The maximum Gasteiger partial charge on any atom is 0.0649 e. The Morgan fingerprint density at radius 3 is 2.67 bits per heavy atom. The van der Waals surface area contributed by atoms with Crippen LogP contribution in [0.1, 0.15) is 37.3 Å². The van der Waals surface area contributed by atoms with E-state index in [4.69, 9.17) is 0 Å². The van der Waals surface area contributed by atoms with Crippen LogP contribution in [-0.4, -0.2) is 10.1 Å². The highest BCUT2D eigenvalue weighted by atomic mass is 32.2. The fraction of sp³-hybridized carbons (Fsp3) is 0.667. The highest BCUT2D eigenvalue weighted by Gasteiger charge is 2.12. The van der Waals surface area contributed by atoms with E-state index in [9.17, 15) is 0 Å². The van der Waals surface area contributed by atoms with Gasteiger partial charge in [-0.05, 0) is 30.1 Å². The summed E-state index contributed by atoms with van der Waals surface area (Å²) in [5, 5.41) is 0. The molecule has 0 spiro atoms. The third-order valence-electron chi connectivity index (χ3n) is 1.65. The minimum Gasteiger partial charge on any atom is -0.197 e. The molecule has 1 aromatic rings. The normalized spacial score (nSPS) is 11.1. The van der Waals surface area contributed by atoms with E-state index in [0.29, 0.717) is 5.92 Å². The quantitative estimate of drug-likeness (QED) is 0.692. The molecule has 0 atom stereocenters. The van der Waals surface area contributed by atoms with Crippen molar-refractivity contribution in [1.29, 1.82) is 0 Å². The van der Waals surface area contributed by atoms with Crippen LogP contribution in [0.4, 0.5) is 0 Å². The van der Waals surface area contributed by atoms with Crippen LogP contribution in [0.5, 0.6) is 0 Å². The SMILES string of the molecule is CCSc1c(C)nsc1C(C)C. The number of hydrogen-bond donors (Lipinski definition) is 0. The van der Waals surface area contributed by atoms with Crippen molar-refractivity contribution in [3.63, 3.8) is 0 Å². The number of thioether (sulfide) groups is 1. The molecule has 0 N–H and O–H groups in total. The van der Waals surface area contributed by atoms with Crippen LogP contribution >= 0.6 is 23.3 Å². The van der Waals surface area contributed by atoms with Crippen molar-refractivity contribution >= 4 is 23.3 Å². The van der Waals surface area contributed by atoms with Crippen LogP contribution < -0.4 is 0 Å². The molecule has 1 aromatic heterocycles. The van der Waals surface area contributed by atoms with Crippen LogP contribution in [0.15, 0.2) is 4.90 Å². The standard InChI is InChI=1S/C9H15NS2/c1-5-11-9-7(4)10-12-8(9)6(2)3/h6H,5H2,1-4H3. The summed E-state index contributed by atoms with van der Waals surface area (Å²) < 4.78 is 4.38. The molecule has 1 heterocycles. The molecule has 68 valence electrons. The Morgan fingerprint density at radius 1 is 1.50 bits per heavy atom. The molecular formula is C9H15NS2. The van der Waals surface area contributed by atoms with Gasteiger partial charge >= 0.3 is 0 Å². The smallest absolute Gasteiger partial charge is 0.0649 e. The van der Waals surface area contributed by atoms with Crippen LogP contribution in [-0.2, 0) is 0 Å². The number of aromatic nitrogens is 1. The second-order valence-electron chi connectivity index (χ2n) is 3.05. The van der Waals surface area contributed by atoms with Crippen molar-refractivity contribution in [3.05, 3.63) is 10.6 Å². The summed E-state index contributed by atoms with van der Waals surface area (Å²) >= 11 is 3.56. The molecule has 0 aliphatic heterocycles. The molecule has 0 radical (unpaired) electrons. The maximum atomic E-state index is 4.38. The van der Waals surface area contributed by atoms with Gasteiger partial charge in [-0.1, -0.05) is 20.8 Å². The van der Waals surface area contributed by atoms with Crippen molar-refractivity contribution in [2.75, 3.05) is 5.75 Å². The topological polar surface area (TPSA) is 12.9 Å². The van der Waals surface area contributed by atoms with Crippen LogP contribution in [0, 0.1) is 6.92 Å². The van der Waals surface area contributed by atoms with E-state index in [-0.39, 0.29) is 0 Å². The molecule has 0 aliphatic carbocycles. The van der Waals surface area contributed by atoms with E-state index in [0.717, 1.165) is 5.75 Å². The summed E-state index contributed by atoms with van der Waals surface area (Å²) in [6.45, 7) is 8.74. The first-order valence-corrected chi connectivity index (χ1v) is 6.01. The van der Waals surface area contributed by atoms with Crippen molar-refractivity contribution in [1.82, 2.24) is 4.37 Å². The molecule has 0 aromatic carbocycles. The first-order valence-electron chi connectivity index (χ1n) is 4.25. The van der Waals surface area contributed by atoms with Gasteiger partial charge in [-0.25, -0.2) is 0 Å². The largest absolute Gasteiger partial charge is 0.197 e. The predicted molar refractivity (Wildman–Crippen MR) is 57.3 cm³/mol. The molecule has 12 heavy (non-hydrogen) atoms. The van der Waals surface area contributed by atoms with Crippen molar-refractivity contribution < 1.29 is 0 Å². The molecule has 1 nitrogen and oxygen atoms in total. The number of aryl methyl sites for hydroxylation is 1. The Labute approximate surface area is 82.7 Å². The Balaban J connectivity index is 2.95. The van der Waals surface area contributed by atoms with Crippen LogP contribution in [0.3, 0.4) is 0 Å². The van der Waals surface area contributed by atoms with Gasteiger partial charge in [0, 0.05) is 9.77 Å². The molecule has 0 saturated heterocycles. The molecule has 0 bridgehead atoms. The Hall–Kier alpha value is -0.0200. The molecular weight excluding hydrogens is 186 g/mol. The molecule has 0 unspecified atom stereocenters. The van der Waals surface area contributed by atoms with Gasteiger partial charge in [-0.3, -0.25) is 0 Å². The van der Waals surface area contributed by atoms with E-state index >= 15 is 0 Å². The average Bonchev–Trinajstić information content (AvgIpc) is 2.34. The summed E-state index contributed by atoms with van der Waals surface area (Å²) in [6, 6.07) is 0. The second kappa shape index (κ2) is 4.28. The summed E-state index contributed by atoms with van der Waals surface area (Å²) in [4.78, 5) is 2.86. The Morgan fingerprint density at radius 2 is 2.17 bits per heavy atom. The Kier molecular flexibility index (Phi) is 3.59. The summed E-state index contributed by atoms with van der Waals surface area (Å²) in [7, 11) is 0. The second-order valence-corrected chi connectivity index (χ2v) is 5.13. The molecule has 3 heteroatoms. The first kappa shape index (κ1) is 10.1. The van der Waals surface area contributed by atoms with E-state index in [1.807, 2.05) is 11.8 Å². The zero-order valence-corrected chi connectivity index (χ0v) is 9.68. The zero-order valence-electron chi connectivity index (χ0n) is 8.05. The highest BCUT2D eigenvalue weighted by Crippen LogP contribution is 2.34. The number of hydrogen-bond acceptors (Lipinski definition) is 3. The third-order valence-corrected chi connectivity index (χ3v) is 4.11. The molecule has 0 amide bonds. The average molecular weight is 201 g/mol. The molecule has 0 saturated carbocycles. The monoisotopic (exact) mass is 201 g/mol. The van der Waals surface area contributed by atoms with Gasteiger partial charge in [0.1, 0.15) is 0 Å². The summed E-state index contributed by atoms with van der Waals surface area (Å²) in [6.07, 6.45) is 0. The molecule has 1 rings (SSSR count). The first-order chi connectivity index (χ1) is 5.66. The minimum absolute atomic E-state index is 0.616. The minimum atomic E-state index is 0.616. The summed E-state index contributed by atoms with van der Waals surface area (Å²) in [5.41, 5.74) is 1.20. The third kappa shape index (κ3) is 2.02. The number of nitrogens with zero attached hydrogens (tertiary/aromatic N) is 1. The van der Waals surface area contributed by atoms with Crippen molar-refractivity contribution in [3.8, 4) is 0 Å². The lowest BCUT2D eigenvalue weighted by Crippen LogP contribution is -1.85.